The van der Waals surface area contributed by atoms with Crippen LogP contribution in [0.1, 0.15) is 68.6 Å². The number of amides is 5. The number of carbonyl (C=O) groups is 5. The predicted molar refractivity (Wildman–Crippen MR) is 229 cm³/mol. The van der Waals surface area contributed by atoms with E-state index in [1.165, 1.54) is 4.90 Å². The number of aromatic amines is 1. The molecule has 1 aromatic heterocycles. The van der Waals surface area contributed by atoms with Crippen molar-refractivity contribution < 1.29 is 29.1 Å². The van der Waals surface area contributed by atoms with Crippen LogP contribution >= 0.6 is 0 Å². The highest BCUT2D eigenvalue weighted by Crippen LogP contribution is 2.19. The first kappa shape index (κ1) is 44.6. The van der Waals surface area contributed by atoms with Gasteiger partial charge in [0.15, 0.2) is 0 Å². The van der Waals surface area contributed by atoms with Crippen molar-refractivity contribution in [3.05, 3.63) is 108 Å². The van der Waals surface area contributed by atoms with Crippen LogP contribution in [0, 0.1) is 0 Å². The number of benzene rings is 3. The number of aliphatic hydroxyl groups excluding tert-OH is 1. The number of nitrogens with zero attached hydrogens (tertiary/aromatic N) is 5. The molecule has 0 spiro atoms. The number of aromatic nitrogens is 1. The number of hydrogen-bond acceptors (Lipinski definition) is 7. The number of nitrogens with two attached hydrogens (primary N) is 1. The fourth-order valence-corrected chi connectivity index (χ4v) is 7.54. The molecule has 59 heavy (non-hydrogen) atoms. The Morgan fingerprint density at radius 2 is 1.02 bits per heavy atom. The first-order chi connectivity index (χ1) is 28.6. The SMILES string of the molecule is C[C@@H](O)CN1CCC(=O)N(Cc2ccccc2)CCC(=O)N(Cc2ccccc2)CCC(=O)N(CCc2c[nH]c3ccccc23)CCC(=O)N(CCCCN)CCC1=O. The third-order valence-corrected chi connectivity index (χ3v) is 10.9. The van der Waals surface area contributed by atoms with Gasteiger partial charge in [0.25, 0.3) is 0 Å². The van der Waals surface area contributed by atoms with Crippen molar-refractivity contribution >= 4 is 40.4 Å². The van der Waals surface area contributed by atoms with E-state index in [4.69, 9.17) is 5.73 Å². The number of fused-ring (bicyclic) bond motifs is 1. The summed E-state index contributed by atoms with van der Waals surface area (Å²) in [7, 11) is 0. The second-order valence-electron chi connectivity index (χ2n) is 15.4. The molecule has 3 aromatic carbocycles. The average molecular weight is 808 g/mol. The van der Waals surface area contributed by atoms with Gasteiger partial charge in [-0.2, -0.15) is 0 Å². The van der Waals surface area contributed by atoms with E-state index in [2.05, 4.69) is 4.98 Å². The van der Waals surface area contributed by atoms with Gasteiger partial charge in [0.1, 0.15) is 0 Å². The van der Waals surface area contributed by atoms with Crippen LogP contribution in [0.2, 0.25) is 0 Å². The minimum Gasteiger partial charge on any atom is -0.392 e. The van der Waals surface area contributed by atoms with E-state index in [0.717, 1.165) is 27.6 Å². The molecule has 1 saturated heterocycles. The van der Waals surface area contributed by atoms with E-state index in [0.29, 0.717) is 45.4 Å². The molecule has 0 radical (unpaired) electrons. The number of nitrogens with one attached hydrogen (secondary N) is 1. The highest BCUT2D eigenvalue weighted by Gasteiger charge is 2.26. The molecule has 1 aliphatic rings. The molecular weight excluding hydrogens is 747 g/mol. The van der Waals surface area contributed by atoms with Crippen molar-refractivity contribution in [1.82, 2.24) is 29.5 Å². The van der Waals surface area contributed by atoms with Gasteiger partial charge in [-0.15, -0.1) is 0 Å². The topological polar surface area (TPSA) is 164 Å². The molecule has 4 N–H and O–H groups in total. The maximum atomic E-state index is 14.2. The average Bonchev–Trinajstić information content (AvgIpc) is 3.66. The van der Waals surface area contributed by atoms with Gasteiger partial charge in [-0.05, 0) is 55.5 Å². The van der Waals surface area contributed by atoms with Crippen LogP contribution in [0.3, 0.4) is 0 Å². The van der Waals surface area contributed by atoms with Crippen molar-refractivity contribution in [3.8, 4) is 0 Å². The molecule has 316 valence electrons. The molecule has 2 heterocycles. The van der Waals surface area contributed by atoms with E-state index in [1.54, 1.807) is 26.5 Å². The molecule has 13 nitrogen and oxygen atoms in total. The Morgan fingerprint density at radius 3 is 1.54 bits per heavy atom. The summed E-state index contributed by atoms with van der Waals surface area (Å²) in [6.45, 7) is 4.18. The van der Waals surface area contributed by atoms with Gasteiger partial charge in [-0.25, -0.2) is 0 Å². The van der Waals surface area contributed by atoms with Gasteiger partial charge in [0, 0.05) is 115 Å². The lowest BCUT2D eigenvalue weighted by Gasteiger charge is -2.30. The number of hydrogen-bond donors (Lipinski definition) is 3. The van der Waals surface area contributed by atoms with Gasteiger partial charge in [-0.3, -0.25) is 24.0 Å². The molecule has 0 saturated carbocycles. The molecule has 1 fully saturated rings. The summed E-state index contributed by atoms with van der Waals surface area (Å²) < 4.78 is 0. The van der Waals surface area contributed by atoms with Crippen LogP contribution in [0.5, 0.6) is 0 Å². The molecule has 1 aliphatic heterocycles. The Kier molecular flexibility index (Phi) is 17.5. The summed E-state index contributed by atoms with van der Waals surface area (Å²) in [5, 5.41) is 11.4. The second-order valence-corrected chi connectivity index (χ2v) is 15.4. The number of unbranched alkanes of at least 4 members (excludes halogenated alkanes) is 1. The van der Waals surface area contributed by atoms with E-state index in [9.17, 15) is 29.1 Å². The third-order valence-electron chi connectivity index (χ3n) is 10.9. The second kappa shape index (κ2) is 23.2. The maximum Gasteiger partial charge on any atom is 0.224 e. The lowest BCUT2D eigenvalue weighted by molar-refractivity contribution is -0.137. The lowest BCUT2D eigenvalue weighted by atomic mass is 10.1. The van der Waals surface area contributed by atoms with Gasteiger partial charge in [-0.1, -0.05) is 78.9 Å². The van der Waals surface area contributed by atoms with E-state index in [-0.39, 0.29) is 107 Å². The normalized spacial score (nSPS) is 16.9. The monoisotopic (exact) mass is 807 g/mol. The van der Waals surface area contributed by atoms with Gasteiger partial charge >= 0.3 is 0 Å². The zero-order chi connectivity index (χ0) is 42.0. The summed E-state index contributed by atoms with van der Waals surface area (Å²) in [6, 6.07) is 27.1. The summed E-state index contributed by atoms with van der Waals surface area (Å²) in [6.07, 6.45) is 3.22. The van der Waals surface area contributed by atoms with Crippen molar-refractivity contribution in [3.63, 3.8) is 0 Å². The molecular formula is C46H61N7O6. The number of aliphatic hydroxyl groups is 1. The number of para-hydroxylation sites is 1. The quantitative estimate of drug-likeness (QED) is 0.169. The van der Waals surface area contributed by atoms with E-state index >= 15 is 0 Å². The minimum absolute atomic E-state index is 0.00472. The Balaban J connectivity index is 1.43. The largest absolute Gasteiger partial charge is 0.392 e. The molecule has 4 aromatic rings. The molecule has 0 unspecified atom stereocenters. The third kappa shape index (κ3) is 14.1. The van der Waals surface area contributed by atoms with Crippen LogP contribution < -0.4 is 5.73 Å². The highest BCUT2D eigenvalue weighted by atomic mass is 16.3. The predicted octanol–water partition coefficient (Wildman–Crippen LogP) is 4.34. The maximum absolute atomic E-state index is 14.2. The minimum atomic E-state index is -0.830. The zero-order valence-corrected chi connectivity index (χ0v) is 34.5. The lowest BCUT2D eigenvalue weighted by Crippen LogP contribution is -2.44. The van der Waals surface area contributed by atoms with Crippen LogP contribution in [0.4, 0.5) is 0 Å². The fraction of sp³-hybridized carbons (Fsp3) is 0.457. The molecule has 5 rings (SSSR count). The summed E-state index contributed by atoms with van der Waals surface area (Å²) in [4.78, 5) is 81.4. The Morgan fingerprint density at radius 1 is 0.576 bits per heavy atom. The number of H-pyrrole nitrogens is 1. The van der Waals surface area contributed by atoms with Gasteiger partial charge < -0.3 is 40.3 Å². The van der Waals surface area contributed by atoms with Crippen molar-refractivity contribution in [2.45, 2.75) is 77.5 Å². The van der Waals surface area contributed by atoms with E-state index < -0.39 is 6.10 Å². The Labute approximate surface area is 348 Å². The first-order valence-corrected chi connectivity index (χ1v) is 21.0. The molecule has 0 aliphatic carbocycles. The number of rotatable bonds is 13. The fourth-order valence-electron chi connectivity index (χ4n) is 7.54. The standard InChI is InChI=1S/C46H61N7O6/c1-36(54)33-51-29-22-45(58)53(35-38-14-6-3-7-15-38)31-23-46(59)52(34-37-12-4-2-5-13-37)30-21-43(56)50(26-18-39-32-48-41-17-9-8-16-40(39)41)28-19-42(55)49(25-11-10-24-47)27-20-44(51)57/h2-9,12-17,32,36,48,54H,10-11,18-31,33-35,47H2,1H3/t36-/m1/s1. The van der Waals surface area contributed by atoms with Crippen LogP contribution in [-0.4, -0.2) is 129 Å². The molecule has 0 bridgehead atoms. The smallest absolute Gasteiger partial charge is 0.224 e. The van der Waals surface area contributed by atoms with E-state index in [1.807, 2.05) is 91.1 Å². The number of β-amino-alcohol motifs (C(OH)–C–C–N with tert-alkyl or cyclic N) is 1. The first-order valence-electron chi connectivity index (χ1n) is 21.0. The van der Waals surface area contributed by atoms with Crippen molar-refractivity contribution in [1.29, 1.82) is 0 Å². The van der Waals surface area contributed by atoms with Gasteiger partial charge in [0.2, 0.25) is 29.5 Å². The summed E-state index contributed by atoms with van der Waals surface area (Å²) >= 11 is 0. The molecule has 13 heteroatoms. The molecule has 1 atom stereocenters. The van der Waals surface area contributed by atoms with Crippen LogP contribution in [0.25, 0.3) is 10.9 Å². The molecule has 5 amide bonds. The van der Waals surface area contributed by atoms with Crippen molar-refractivity contribution in [2.75, 3.05) is 58.9 Å². The number of carbonyl (C=O) groups excluding carboxylic acids is 5. The van der Waals surface area contributed by atoms with Crippen LogP contribution in [-0.2, 0) is 43.5 Å². The summed E-state index contributed by atoms with van der Waals surface area (Å²) in [5.41, 5.74) is 9.67. The van der Waals surface area contributed by atoms with Crippen molar-refractivity contribution in [2.24, 2.45) is 5.73 Å². The Bertz CT molecular complexity index is 1950. The zero-order valence-electron chi connectivity index (χ0n) is 34.5. The highest BCUT2D eigenvalue weighted by molar-refractivity contribution is 5.84. The van der Waals surface area contributed by atoms with Gasteiger partial charge in [0.05, 0.1) is 6.10 Å². The van der Waals surface area contributed by atoms with Crippen LogP contribution in [0.15, 0.2) is 91.1 Å². The Hall–Kier alpha value is -5.53. The summed E-state index contributed by atoms with van der Waals surface area (Å²) in [5.74, 6) is -1.04.